The fraction of sp³-hybridized carbons (Fsp3) is 0.562. The first-order chi connectivity index (χ1) is 9.27. The third kappa shape index (κ3) is 6.27. The number of hydrogen-bond donors (Lipinski definition) is 1. The lowest BCUT2D eigenvalue weighted by molar-refractivity contribution is 0.0498. The Bertz CT molecular complexity index is 360. The number of hydrogen-bond acceptors (Lipinski definition) is 3. The van der Waals surface area contributed by atoms with Gasteiger partial charge in [-0.1, -0.05) is 33.1 Å². The van der Waals surface area contributed by atoms with Crippen LogP contribution >= 0.6 is 0 Å². The average Bonchev–Trinajstić information content (AvgIpc) is 2.44. The van der Waals surface area contributed by atoms with E-state index in [-0.39, 0.29) is 5.97 Å². The lowest BCUT2D eigenvalue weighted by Crippen LogP contribution is -2.07. The minimum absolute atomic E-state index is 0.226. The molecule has 1 aromatic carbocycles. The van der Waals surface area contributed by atoms with Gasteiger partial charge in [-0.05, 0) is 37.1 Å². The first-order valence-electron chi connectivity index (χ1n) is 7.29. The monoisotopic (exact) mass is 263 g/mol. The highest BCUT2D eigenvalue weighted by Gasteiger charge is 2.06. The summed E-state index contributed by atoms with van der Waals surface area (Å²) in [5.41, 5.74) is 1.67. The van der Waals surface area contributed by atoms with Crippen molar-refractivity contribution in [2.24, 2.45) is 0 Å². The van der Waals surface area contributed by atoms with Gasteiger partial charge < -0.3 is 10.1 Å². The molecule has 0 amide bonds. The van der Waals surface area contributed by atoms with E-state index in [1.807, 2.05) is 24.3 Å². The number of anilines is 1. The number of benzene rings is 1. The number of ether oxygens (including phenoxy) is 1. The molecule has 0 unspecified atom stereocenters. The van der Waals surface area contributed by atoms with Gasteiger partial charge in [0.25, 0.3) is 0 Å². The third-order valence-corrected chi connectivity index (χ3v) is 2.96. The summed E-state index contributed by atoms with van der Waals surface area (Å²) in [4.78, 5) is 11.7. The molecule has 19 heavy (non-hydrogen) atoms. The van der Waals surface area contributed by atoms with Crippen molar-refractivity contribution in [1.82, 2.24) is 0 Å². The first kappa shape index (κ1) is 15.5. The maximum atomic E-state index is 11.7. The fourth-order valence-corrected chi connectivity index (χ4v) is 1.73. The average molecular weight is 263 g/mol. The van der Waals surface area contributed by atoms with Crippen molar-refractivity contribution < 1.29 is 9.53 Å². The molecule has 0 spiro atoms. The van der Waals surface area contributed by atoms with Crippen molar-refractivity contribution >= 4 is 11.7 Å². The standard InChI is InChI=1S/C16H25NO2/c1-3-5-7-13-19-16(18)14-8-10-15(11-9-14)17-12-6-4-2/h8-11,17H,3-7,12-13H2,1-2H3. The van der Waals surface area contributed by atoms with Crippen LogP contribution in [0.15, 0.2) is 24.3 Å². The summed E-state index contributed by atoms with van der Waals surface area (Å²) in [7, 11) is 0. The molecule has 0 aliphatic heterocycles. The van der Waals surface area contributed by atoms with Crippen LogP contribution in [0.1, 0.15) is 56.3 Å². The van der Waals surface area contributed by atoms with Crippen LogP contribution in [0.4, 0.5) is 5.69 Å². The van der Waals surface area contributed by atoms with Gasteiger partial charge in [-0.15, -0.1) is 0 Å². The molecular formula is C16H25NO2. The molecule has 3 nitrogen and oxygen atoms in total. The van der Waals surface area contributed by atoms with Gasteiger partial charge in [0.2, 0.25) is 0 Å². The minimum atomic E-state index is -0.226. The molecule has 0 saturated heterocycles. The lowest BCUT2D eigenvalue weighted by atomic mass is 10.2. The molecule has 0 heterocycles. The van der Waals surface area contributed by atoms with Crippen LogP contribution in [0.3, 0.4) is 0 Å². The molecule has 0 radical (unpaired) electrons. The van der Waals surface area contributed by atoms with Gasteiger partial charge in [0.05, 0.1) is 12.2 Å². The Morgan fingerprint density at radius 2 is 1.74 bits per heavy atom. The molecule has 0 aliphatic rings. The maximum Gasteiger partial charge on any atom is 0.338 e. The topological polar surface area (TPSA) is 38.3 Å². The van der Waals surface area contributed by atoms with E-state index in [9.17, 15) is 4.79 Å². The van der Waals surface area contributed by atoms with E-state index in [0.29, 0.717) is 12.2 Å². The summed E-state index contributed by atoms with van der Waals surface area (Å²) in [6.07, 6.45) is 5.51. The maximum absolute atomic E-state index is 11.7. The van der Waals surface area contributed by atoms with Crippen LogP contribution < -0.4 is 5.32 Å². The van der Waals surface area contributed by atoms with E-state index in [0.717, 1.165) is 37.9 Å². The zero-order valence-electron chi connectivity index (χ0n) is 12.1. The largest absolute Gasteiger partial charge is 0.462 e. The molecule has 0 aromatic heterocycles. The van der Waals surface area contributed by atoms with E-state index < -0.39 is 0 Å². The highest BCUT2D eigenvalue weighted by molar-refractivity contribution is 5.89. The van der Waals surface area contributed by atoms with E-state index in [1.54, 1.807) is 0 Å². The molecular weight excluding hydrogens is 238 g/mol. The normalized spacial score (nSPS) is 10.2. The van der Waals surface area contributed by atoms with Crippen molar-refractivity contribution in [2.75, 3.05) is 18.5 Å². The summed E-state index contributed by atoms with van der Waals surface area (Å²) in [5, 5.41) is 3.32. The second-order valence-corrected chi connectivity index (χ2v) is 4.70. The smallest absolute Gasteiger partial charge is 0.338 e. The summed E-state index contributed by atoms with van der Waals surface area (Å²) in [6.45, 7) is 5.78. The number of carbonyl (C=O) groups excluding carboxylic acids is 1. The summed E-state index contributed by atoms with van der Waals surface area (Å²) < 4.78 is 5.21. The number of rotatable bonds is 9. The molecule has 106 valence electrons. The van der Waals surface area contributed by atoms with Crippen LogP contribution in [-0.4, -0.2) is 19.1 Å². The molecule has 0 fully saturated rings. The zero-order valence-corrected chi connectivity index (χ0v) is 12.1. The van der Waals surface area contributed by atoms with Crippen molar-refractivity contribution in [3.05, 3.63) is 29.8 Å². The fourth-order valence-electron chi connectivity index (χ4n) is 1.73. The van der Waals surface area contributed by atoms with Gasteiger partial charge >= 0.3 is 5.97 Å². The van der Waals surface area contributed by atoms with Gasteiger partial charge in [-0.25, -0.2) is 4.79 Å². The Balaban J connectivity index is 2.35. The number of carbonyl (C=O) groups is 1. The van der Waals surface area contributed by atoms with Crippen molar-refractivity contribution in [3.8, 4) is 0 Å². The first-order valence-corrected chi connectivity index (χ1v) is 7.29. The Labute approximate surface area is 116 Å². The summed E-state index contributed by atoms with van der Waals surface area (Å²) in [5.74, 6) is -0.226. The van der Waals surface area contributed by atoms with Crippen LogP contribution in [-0.2, 0) is 4.74 Å². The molecule has 1 rings (SSSR count). The Kier molecular flexibility index (Phi) is 7.71. The van der Waals surface area contributed by atoms with Gasteiger partial charge in [0.15, 0.2) is 0 Å². The Morgan fingerprint density at radius 1 is 1.05 bits per heavy atom. The van der Waals surface area contributed by atoms with Crippen LogP contribution in [0.5, 0.6) is 0 Å². The summed E-state index contributed by atoms with van der Waals surface area (Å²) in [6, 6.07) is 7.49. The summed E-state index contributed by atoms with van der Waals surface area (Å²) >= 11 is 0. The lowest BCUT2D eigenvalue weighted by Gasteiger charge is -2.07. The van der Waals surface area contributed by atoms with E-state index in [4.69, 9.17) is 4.74 Å². The van der Waals surface area contributed by atoms with Crippen LogP contribution in [0.25, 0.3) is 0 Å². The molecule has 1 aromatic rings. The third-order valence-electron chi connectivity index (χ3n) is 2.96. The highest BCUT2D eigenvalue weighted by atomic mass is 16.5. The second kappa shape index (κ2) is 9.42. The van der Waals surface area contributed by atoms with Crippen molar-refractivity contribution in [1.29, 1.82) is 0 Å². The SMILES string of the molecule is CCCCCOC(=O)c1ccc(NCCCC)cc1. The number of unbranched alkanes of at least 4 members (excludes halogenated alkanes) is 3. The van der Waals surface area contributed by atoms with Gasteiger partial charge in [-0.2, -0.15) is 0 Å². The second-order valence-electron chi connectivity index (χ2n) is 4.70. The Morgan fingerprint density at radius 3 is 2.37 bits per heavy atom. The Hall–Kier alpha value is -1.51. The quantitative estimate of drug-likeness (QED) is 0.535. The van der Waals surface area contributed by atoms with Gasteiger partial charge in [0.1, 0.15) is 0 Å². The zero-order chi connectivity index (χ0) is 13.9. The van der Waals surface area contributed by atoms with Crippen LogP contribution in [0, 0.1) is 0 Å². The van der Waals surface area contributed by atoms with Crippen molar-refractivity contribution in [3.63, 3.8) is 0 Å². The predicted molar refractivity (Wildman–Crippen MR) is 79.6 cm³/mol. The van der Waals surface area contributed by atoms with Gasteiger partial charge in [0, 0.05) is 12.2 Å². The van der Waals surface area contributed by atoms with Crippen molar-refractivity contribution in [2.45, 2.75) is 46.0 Å². The molecule has 0 atom stereocenters. The molecule has 0 saturated carbocycles. The van der Waals surface area contributed by atoms with E-state index in [2.05, 4.69) is 19.2 Å². The highest BCUT2D eigenvalue weighted by Crippen LogP contribution is 2.11. The van der Waals surface area contributed by atoms with E-state index >= 15 is 0 Å². The number of nitrogens with one attached hydrogen (secondary N) is 1. The van der Waals surface area contributed by atoms with Gasteiger partial charge in [-0.3, -0.25) is 0 Å². The molecule has 0 aliphatic carbocycles. The molecule has 1 N–H and O–H groups in total. The van der Waals surface area contributed by atoms with Crippen LogP contribution in [0.2, 0.25) is 0 Å². The predicted octanol–water partition coefficient (Wildman–Crippen LogP) is 4.25. The minimum Gasteiger partial charge on any atom is -0.462 e. The molecule has 3 heteroatoms. The molecule has 0 bridgehead atoms. The number of esters is 1. The van der Waals surface area contributed by atoms with E-state index in [1.165, 1.54) is 6.42 Å².